The predicted molar refractivity (Wildman–Crippen MR) is 85.8 cm³/mol. The molecule has 0 aromatic heterocycles. The van der Waals surface area contributed by atoms with Gasteiger partial charge in [-0.25, -0.2) is 0 Å². The molecule has 0 aliphatic heterocycles. The molecule has 0 spiro atoms. The third-order valence-electron chi connectivity index (χ3n) is 4.25. The summed E-state index contributed by atoms with van der Waals surface area (Å²) >= 11 is 0. The molecule has 0 N–H and O–H groups in total. The fourth-order valence-electron chi connectivity index (χ4n) is 3.58. The van der Waals surface area contributed by atoms with E-state index < -0.39 is 8.07 Å². The summed E-state index contributed by atoms with van der Waals surface area (Å²) in [4.78, 5) is 0. The Morgan fingerprint density at radius 2 is 1.06 bits per heavy atom. The molecule has 2 heteroatoms. The zero-order chi connectivity index (χ0) is 12.1. The van der Waals surface area contributed by atoms with Crippen LogP contribution in [-0.4, -0.2) is 37.6 Å². The zero-order valence-electron chi connectivity index (χ0n) is 12.1. The van der Waals surface area contributed by atoms with Crippen molar-refractivity contribution in [3.8, 4) is 0 Å². The minimum atomic E-state index is -1.28. The molecule has 0 atom stereocenters. The van der Waals surface area contributed by atoms with Crippen LogP contribution in [0.25, 0.3) is 0 Å². The Kier molecular flexibility index (Phi) is 6.93. The molecule has 2 aliphatic rings. The van der Waals surface area contributed by atoms with Gasteiger partial charge in [0.15, 0.2) is 0 Å². The van der Waals surface area contributed by atoms with Crippen LogP contribution in [0, 0.1) is 0 Å². The van der Waals surface area contributed by atoms with Crippen LogP contribution in [0.15, 0.2) is 48.6 Å². The first-order valence-corrected chi connectivity index (χ1v) is 9.60. The predicted octanol–water partition coefficient (Wildman–Crippen LogP) is 4.87. The van der Waals surface area contributed by atoms with Crippen LogP contribution in [0.5, 0.6) is 0 Å². The van der Waals surface area contributed by atoms with Gasteiger partial charge in [0.05, 0.1) is 8.07 Å². The number of allylic oxidation sites excluding steroid dienone is 8. The quantitative estimate of drug-likeness (QED) is 0.602. The Hall–Kier alpha value is 0.177. The van der Waals surface area contributed by atoms with Gasteiger partial charge in [0.1, 0.15) is 0 Å². The summed E-state index contributed by atoms with van der Waals surface area (Å²) in [6, 6.07) is 2.92. The van der Waals surface area contributed by atoms with Gasteiger partial charge in [-0.05, 0) is 11.1 Å². The number of rotatable bonds is 6. The molecule has 18 heavy (non-hydrogen) atoms. The molecular weight excluding hydrogens is 243 g/mol. The standard InChI is InChI=1S/C16H24Si.Na/c1-3-13-17(14-4-2,15-9-5-6-10-15)16-11-7-8-12-16;/h5-12,15-16H,3-4,13-14H2,1-2H3;. The molecule has 0 aromatic rings. The van der Waals surface area contributed by atoms with Crippen molar-refractivity contribution in [2.24, 2.45) is 0 Å². The van der Waals surface area contributed by atoms with Crippen LogP contribution in [0.1, 0.15) is 26.7 Å². The Labute approximate surface area is 135 Å². The average Bonchev–Trinajstić information content (AvgIpc) is 3.02. The summed E-state index contributed by atoms with van der Waals surface area (Å²) in [6.45, 7) is 4.70. The summed E-state index contributed by atoms with van der Waals surface area (Å²) in [7, 11) is -1.28. The second kappa shape index (κ2) is 7.69. The fourth-order valence-corrected chi connectivity index (χ4v) is 9.44. The SMILES string of the molecule is CCC[Si](CCC)(C1C=CC=C1)C1C=CC=C1.[Na]. The maximum atomic E-state index is 2.46. The van der Waals surface area contributed by atoms with Crippen LogP contribution in [-0.2, 0) is 0 Å². The van der Waals surface area contributed by atoms with Crippen LogP contribution in [0.3, 0.4) is 0 Å². The maximum Gasteiger partial charge on any atom is 0.0758 e. The third-order valence-corrected chi connectivity index (χ3v) is 10.5. The molecule has 0 saturated carbocycles. The van der Waals surface area contributed by atoms with Gasteiger partial charge in [0, 0.05) is 29.6 Å². The van der Waals surface area contributed by atoms with Gasteiger partial charge in [-0.15, -0.1) is 0 Å². The Balaban J connectivity index is 0.00000162. The molecule has 0 saturated heterocycles. The van der Waals surface area contributed by atoms with Crippen molar-refractivity contribution in [1.29, 1.82) is 0 Å². The molecule has 0 nitrogen and oxygen atoms in total. The summed E-state index contributed by atoms with van der Waals surface area (Å²) in [5.41, 5.74) is 1.53. The molecule has 0 heterocycles. The first-order valence-electron chi connectivity index (χ1n) is 7.03. The minimum absolute atomic E-state index is 0. The maximum absolute atomic E-state index is 2.46. The van der Waals surface area contributed by atoms with Crippen molar-refractivity contribution in [3.05, 3.63) is 48.6 Å². The van der Waals surface area contributed by atoms with Crippen LogP contribution < -0.4 is 0 Å². The van der Waals surface area contributed by atoms with E-state index in [1.54, 1.807) is 0 Å². The van der Waals surface area contributed by atoms with Crippen molar-refractivity contribution in [2.45, 2.75) is 49.9 Å². The second-order valence-electron chi connectivity index (χ2n) is 5.32. The molecule has 0 bridgehead atoms. The van der Waals surface area contributed by atoms with Gasteiger partial charge in [-0.3, -0.25) is 0 Å². The molecule has 2 aliphatic carbocycles. The summed E-state index contributed by atoms with van der Waals surface area (Å²) < 4.78 is 0. The first kappa shape index (κ1) is 16.2. The summed E-state index contributed by atoms with van der Waals surface area (Å²) in [6.07, 6.45) is 21.5. The number of hydrogen-bond acceptors (Lipinski definition) is 0. The molecule has 0 amide bonds. The van der Waals surface area contributed by atoms with Crippen molar-refractivity contribution >= 4 is 37.6 Å². The largest absolute Gasteiger partial charge is 0.0803 e. The molecule has 93 valence electrons. The van der Waals surface area contributed by atoms with E-state index in [-0.39, 0.29) is 29.6 Å². The molecule has 0 unspecified atom stereocenters. The third kappa shape index (κ3) is 3.19. The number of hydrogen-bond donors (Lipinski definition) is 0. The minimum Gasteiger partial charge on any atom is -0.0803 e. The van der Waals surface area contributed by atoms with Crippen molar-refractivity contribution < 1.29 is 0 Å². The smallest absolute Gasteiger partial charge is 0.0758 e. The Bertz CT molecular complexity index is 305. The van der Waals surface area contributed by atoms with E-state index >= 15 is 0 Å². The average molecular weight is 267 g/mol. The van der Waals surface area contributed by atoms with E-state index in [2.05, 4.69) is 62.5 Å². The monoisotopic (exact) mass is 267 g/mol. The molecule has 1 radical (unpaired) electrons. The van der Waals surface area contributed by atoms with E-state index in [9.17, 15) is 0 Å². The van der Waals surface area contributed by atoms with Crippen molar-refractivity contribution in [2.75, 3.05) is 0 Å². The van der Waals surface area contributed by atoms with Gasteiger partial charge in [0.25, 0.3) is 0 Å². The Morgan fingerprint density at radius 3 is 1.33 bits per heavy atom. The topological polar surface area (TPSA) is 0 Å². The van der Waals surface area contributed by atoms with Gasteiger partial charge < -0.3 is 0 Å². The van der Waals surface area contributed by atoms with Crippen LogP contribution >= 0.6 is 0 Å². The normalized spacial score (nSPS) is 18.8. The summed E-state index contributed by atoms with van der Waals surface area (Å²) in [5, 5.41) is 0. The molecule has 2 rings (SSSR count). The van der Waals surface area contributed by atoms with E-state index in [1.165, 1.54) is 24.9 Å². The van der Waals surface area contributed by atoms with Crippen molar-refractivity contribution in [1.82, 2.24) is 0 Å². The van der Waals surface area contributed by atoms with E-state index in [4.69, 9.17) is 0 Å². The second-order valence-corrected chi connectivity index (χ2v) is 10.1. The van der Waals surface area contributed by atoms with Gasteiger partial charge >= 0.3 is 0 Å². The van der Waals surface area contributed by atoms with Gasteiger partial charge in [-0.2, -0.15) is 0 Å². The zero-order valence-corrected chi connectivity index (χ0v) is 15.1. The van der Waals surface area contributed by atoms with Crippen LogP contribution in [0.4, 0.5) is 0 Å². The van der Waals surface area contributed by atoms with Crippen molar-refractivity contribution in [3.63, 3.8) is 0 Å². The fraction of sp³-hybridized carbons (Fsp3) is 0.500. The van der Waals surface area contributed by atoms with E-state index in [0.717, 1.165) is 11.1 Å². The summed E-state index contributed by atoms with van der Waals surface area (Å²) in [5.74, 6) is 0. The van der Waals surface area contributed by atoms with Gasteiger partial charge in [0.2, 0.25) is 0 Å². The van der Waals surface area contributed by atoms with Crippen LogP contribution in [0.2, 0.25) is 23.2 Å². The molecule has 0 aromatic carbocycles. The Morgan fingerprint density at radius 1 is 0.722 bits per heavy atom. The molecular formula is C16H24NaSi. The van der Waals surface area contributed by atoms with E-state index in [0.29, 0.717) is 0 Å². The van der Waals surface area contributed by atoms with E-state index in [1.807, 2.05) is 0 Å². The first-order chi connectivity index (χ1) is 8.33. The molecule has 0 fully saturated rings. The van der Waals surface area contributed by atoms with Gasteiger partial charge in [-0.1, -0.05) is 87.4 Å².